The van der Waals surface area contributed by atoms with Crippen molar-refractivity contribution in [3.8, 4) is 0 Å². The van der Waals surface area contributed by atoms with E-state index < -0.39 is 5.60 Å². The molecule has 1 aromatic rings. The number of likely N-dealkylation sites (N-methyl/N-ethyl adjacent to an activating group) is 1. The zero-order valence-electron chi connectivity index (χ0n) is 15.9. The number of aliphatic hydroxyl groups is 1. The minimum absolute atomic E-state index is 0.167. The van der Waals surface area contributed by atoms with E-state index in [0.717, 1.165) is 12.1 Å². The first-order valence-electron chi connectivity index (χ1n) is 9.35. The second-order valence-electron chi connectivity index (χ2n) is 7.84. The normalized spacial score (nSPS) is 16.3. The van der Waals surface area contributed by atoms with Gasteiger partial charge in [0.05, 0.1) is 12.1 Å². The average Bonchev–Trinajstić information content (AvgIpc) is 2.80. The van der Waals surface area contributed by atoms with E-state index in [1.807, 2.05) is 6.07 Å². The Morgan fingerprint density at radius 1 is 1.20 bits per heavy atom. The standard InChI is InChI=1S/C20H33N3O2/c1-20(2,25)16-22(3)19(24)21-14-17-9-8-10-18(13-17)15-23-11-6-4-5-7-12-23/h8-10,13,25H,4-7,11-12,14-16H2,1-3H3,(H,21,24). The number of carbonyl (C=O) groups excluding carboxylic acids is 1. The molecule has 1 heterocycles. The van der Waals surface area contributed by atoms with Crippen molar-refractivity contribution in [3.63, 3.8) is 0 Å². The second kappa shape index (κ2) is 9.20. The van der Waals surface area contributed by atoms with E-state index in [0.29, 0.717) is 13.1 Å². The lowest BCUT2D eigenvalue weighted by molar-refractivity contribution is 0.0531. The summed E-state index contributed by atoms with van der Waals surface area (Å²) in [4.78, 5) is 16.2. The molecule has 2 N–H and O–H groups in total. The Bertz CT molecular complexity index is 546. The van der Waals surface area contributed by atoms with Gasteiger partial charge in [0.25, 0.3) is 0 Å². The van der Waals surface area contributed by atoms with Crippen LogP contribution in [0.5, 0.6) is 0 Å². The molecule has 0 saturated carbocycles. The van der Waals surface area contributed by atoms with E-state index in [9.17, 15) is 9.90 Å². The van der Waals surface area contributed by atoms with Gasteiger partial charge in [-0.2, -0.15) is 0 Å². The number of rotatable bonds is 6. The van der Waals surface area contributed by atoms with Gasteiger partial charge in [-0.3, -0.25) is 4.90 Å². The van der Waals surface area contributed by atoms with Crippen molar-refractivity contribution in [2.45, 2.75) is 58.2 Å². The molecule has 0 spiro atoms. The molecule has 2 amide bonds. The molecule has 1 fully saturated rings. The van der Waals surface area contributed by atoms with Gasteiger partial charge in [0, 0.05) is 20.1 Å². The largest absolute Gasteiger partial charge is 0.389 e. The Labute approximate surface area is 152 Å². The summed E-state index contributed by atoms with van der Waals surface area (Å²) in [5, 5.41) is 12.7. The molecule has 5 heteroatoms. The second-order valence-corrected chi connectivity index (χ2v) is 7.84. The van der Waals surface area contributed by atoms with Gasteiger partial charge in [-0.05, 0) is 50.9 Å². The van der Waals surface area contributed by atoms with Crippen LogP contribution in [0.25, 0.3) is 0 Å². The molecule has 2 rings (SSSR count). The van der Waals surface area contributed by atoms with Crippen LogP contribution in [0.1, 0.15) is 50.7 Å². The van der Waals surface area contributed by atoms with Crippen LogP contribution in [0.2, 0.25) is 0 Å². The first kappa shape index (κ1) is 19.7. The lowest BCUT2D eigenvalue weighted by atomic mass is 10.1. The quantitative estimate of drug-likeness (QED) is 0.832. The van der Waals surface area contributed by atoms with E-state index >= 15 is 0 Å². The number of hydrogen-bond donors (Lipinski definition) is 2. The number of nitrogens with one attached hydrogen (secondary N) is 1. The third-order valence-electron chi connectivity index (χ3n) is 4.51. The molecule has 0 unspecified atom stereocenters. The van der Waals surface area contributed by atoms with E-state index in [2.05, 4.69) is 28.4 Å². The minimum Gasteiger partial charge on any atom is -0.389 e. The predicted octanol–water partition coefficient (Wildman–Crippen LogP) is 2.97. The maximum absolute atomic E-state index is 12.1. The van der Waals surface area contributed by atoms with Crippen LogP contribution >= 0.6 is 0 Å². The lowest BCUT2D eigenvalue weighted by Crippen LogP contribution is -2.44. The number of hydrogen-bond acceptors (Lipinski definition) is 3. The summed E-state index contributed by atoms with van der Waals surface area (Å²) in [5.74, 6) is 0. The molecular formula is C20H33N3O2. The van der Waals surface area contributed by atoms with E-state index in [4.69, 9.17) is 0 Å². The number of nitrogens with zero attached hydrogens (tertiary/aromatic N) is 2. The van der Waals surface area contributed by atoms with Gasteiger partial charge in [-0.25, -0.2) is 4.79 Å². The van der Waals surface area contributed by atoms with Gasteiger partial charge in [-0.15, -0.1) is 0 Å². The number of benzene rings is 1. The highest BCUT2D eigenvalue weighted by molar-refractivity contribution is 5.73. The Balaban J connectivity index is 1.85. The van der Waals surface area contributed by atoms with Crippen molar-refractivity contribution in [1.29, 1.82) is 0 Å². The molecule has 0 radical (unpaired) electrons. The Morgan fingerprint density at radius 3 is 2.48 bits per heavy atom. The molecular weight excluding hydrogens is 314 g/mol. The van der Waals surface area contributed by atoms with Crippen LogP contribution in [-0.2, 0) is 13.1 Å². The third kappa shape index (κ3) is 7.45. The van der Waals surface area contributed by atoms with Gasteiger partial charge >= 0.3 is 6.03 Å². The molecule has 0 bridgehead atoms. The highest BCUT2D eigenvalue weighted by Gasteiger charge is 2.19. The van der Waals surface area contributed by atoms with Crippen LogP contribution in [0.15, 0.2) is 24.3 Å². The SMILES string of the molecule is CN(CC(C)(C)O)C(=O)NCc1cccc(CN2CCCCCC2)c1. The summed E-state index contributed by atoms with van der Waals surface area (Å²) in [6.45, 7) is 7.55. The number of likely N-dealkylation sites (tertiary alicyclic amines) is 1. The molecule has 0 atom stereocenters. The molecule has 140 valence electrons. The van der Waals surface area contributed by atoms with E-state index in [-0.39, 0.29) is 6.03 Å². The molecule has 0 aromatic heterocycles. The predicted molar refractivity (Wildman–Crippen MR) is 101 cm³/mol. The smallest absolute Gasteiger partial charge is 0.317 e. The number of urea groups is 1. The summed E-state index contributed by atoms with van der Waals surface area (Å²) in [7, 11) is 1.70. The van der Waals surface area contributed by atoms with Gasteiger partial charge in [0.1, 0.15) is 0 Å². The van der Waals surface area contributed by atoms with Crippen molar-refractivity contribution in [3.05, 3.63) is 35.4 Å². The van der Waals surface area contributed by atoms with E-state index in [1.54, 1.807) is 20.9 Å². The number of amides is 2. The first-order chi connectivity index (χ1) is 11.8. The zero-order valence-corrected chi connectivity index (χ0v) is 15.9. The van der Waals surface area contributed by atoms with Crippen molar-refractivity contribution in [2.75, 3.05) is 26.7 Å². The fraction of sp³-hybridized carbons (Fsp3) is 0.650. The minimum atomic E-state index is -0.890. The molecule has 1 saturated heterocycles. The van der Waals surface area contributed by atoms with Crippen LogP contribution < -0.4 is 5.32 Å². The van der Waals surface area contributed by atoms with Gasteiger partial charge in [0.15, 0.2) is 0 Å². The fourth-order valence-corrected chi connectivity index (χ4v) is 3.36. The topological polar surface area (TPSA) is 55.8 Å². The van der Waals surface area contributed by atoms with Gasteiger partial charge in [0.2, 0.25) is 0 Å². The highest BCUT2D eigenvalue weighted by atomic mass is 16.3. The Morgan fingerprint density at radius 2 is 1.84 bits per heavy atom. The molecule has 1 aliphatic rings. The van der Waals surface area contributed by atoms with Gasteiger partial charge < -0.3 is 15.3 Å². The van der Waals surface area contributed by atoms with Gasteiger partial charge in [-0.1, -0.05) is 37.1 Å². The van der Waals surface area contributed by atoms with Crippen LogP contribution in [-0.4, -0.2) is 53.2 Å². The van der Waals surface area contributed by atoms with Crippen LogP contribution in [0.4, 0.5) is 4.79 Å². The summed E-state index contributed by atoms with van der Waals surface area (Å²) < 4.78 is 0. The molecule has 25 heavy (non-hydrogen) atoms. The van der Waals surface area contributed by atoms with Crippen molar-refractivity contribution >= 4 is 6.03 Å². The monoisotopic (exact) mass is 347 g/mol. The Kier molecular flexibility index (Phi) is 7.26. The zero-order chi connectivity index (χ0) is 18.3. The molecule has 1 aromatic carbocycles. The summed E-state index contributed by atoms with van der Waals surface area (Å²) in [6.07, 6.45) is 5.29. The highest BCUT2D eigenvalue weighted by Crippen LogP contribution is 2.14. The summed E-state index contributed by atoms with van der Waals surface area (Å²) in [6, 6.07) is 8.29. The van der Waals surface area contributed by atoms with Crippen molar-refractivity contribution < 1.29 is 9.90 Å². The molecule has 0 aliphatic carbocycles. The van der Waals surface area contributed by atoms with Crippen LogP contribution in [0, 0.1) is 0 Å². The molecule has 1 aliphatic heterocycles. The fourth-order valence-electron chi connectivity index (χ4n) is 3.36. The van der Waals surface area contributed by atoms with Crippen molar-refractivity contribution in [1.82, 2.24) is 15.1 Å². The lowest BCUT2D eigenvalue weighted by Gasteiger charge is -2.25. The number of carbonyl (C=O) groups is 1. The van der Waals surface area contributed by atoms with Crippen LogP contribution in [0.3, 0.4) is 0 Å². The molecule has 5 nitrogen and oxygen atoms in total. The maximum atomic E-state index is 12.1. The third-order valence-corrected chi connectivity index (χ3v) is 4.51. The van der Waals surface area contributed by atoms with Crippen molar-refractivity contribution in [2.24, 2.45) is 0 Å². The summed E-state index contributed by atoms with van der Waals surface area (Å²) >= 11 is 0. The average molecular weight is 348 g/mol. The van der Waals surface area contributed by atoms with E-state index in [1.165, 1.54) is 49.2 Å². The maximum Gasteiger partial charge on any atom is 0.317 e. The summed E-state index contributed by atoms with van der Waals surface area (Å²) in [5.41, 5.74) is 1.52. The first-order valence-corrected chi connectivity index (χ1v) is 9.35. The Hall–Kier alpha value is -1.59.